The highest BCUT2D eigenvalue weighted by atomic mass is 79.9. The zero-order chi connectivity index (χ0) is 14.7. The summed E-state index contributed by atoms with van der Waals surface area (Å²) in [6.45, 7) is 0.650. The molecule has 1 saturated carbocycles. The Kier molecular flexibility index (Phi) is 4.34. The fraction of sp³-hybridized carbons (Fsp3) is 0.294. The van der Waals surface area contributed by atoms with Crippen LogP contribution in [0.2, 0.25) is 0 Å². The highest BCUT2D eigenvalue weighted by Crippen LogP contribution is 2.47. The first-order valence-corrected chi connectivity index (χ1v) is 7.96. The predicted molar refractivity (Wildman–Crippen MR) is 85.9 cm³/mol. The van der Waals surface area contributed by atoms with Gasteiger partial charge in [0, 0.05) is 35.2 Å². The van der Waals surface area contributed by atoms with E-state index in [-0.39, 0.29) is 11.8 Å². The van der Waals surface area contributed by atoms with Gasteiger partial charge in [-0.2, -0.15) is 0 Å². The first kappa shape index (κ1) is 14.3. The summed E-state index contributed by atoms with van der Waals surface area (Å²) >= 11 is 3.48. The van der Waals surface area contributed by atoms with Crippen LogP contribution in [0.5, 0.6) is 0 Å². The number of hydrogen-bond donors (Lipinski definition) is 1. The van der Waals surface area contributed by atoms with Crippen LogP contribution in [0.3, 0.4) is 0 Å². The van der Waals surface area contributed by atoms with E-state index in [1.807, 2.05) is 30.3 Å². The van der Waals surface area contributed by atoms with Crippen molar-refractivity contribution in [2.24, 2.45) is 5.92 Å². The highest BCUT2D eigenvalue weighted by molar-refractivity contribution is 9.10. The molecule has 3 rings (SSSR count). The third kappa shape index (κ3) is 3.70. The molecule has 2 atom stereocenters. The second-order valence-electron chi connectivity index (χ2n) is 5.37. The lowest BCUT2D eigenvalue weighted by Gasteiger charge is -2.05. The average molecular weight is 345 g/mol. The average Bonchev–Trinajstić information content (AvgIpc) is 3.29. The molecule has 0 spiro atoms. The zero-order valence-electron chi connectivity index (χ0n) is 11.6. The van der Waals surface area contributed by atoms with Gasteiger partial charge in [-0.15, -0.1) is 0 Å². The molecule has 3 nitrogen and oxygen atoms in total. The molecule has 1 aromatic heterocycles. The third-order valence-electron chi connectivity index (χ3n) is 3.81. The summed E-state index contributed by atoms with van der Waals surface area (Å²) in [5.74, 6) is 0.663. The molecule has 1 N–H and O–H groups in total. The maximum atomic E-state index is 12.1. The zero-order valence-corrected chi connectivity index (χ0v) is 13.2. The molecule has 0 saturated heterocycles. The SMILES string of the molecule is O=C(NCCc1ccccn1)[C@@H]1C[C@H]1c1cccc(Br)c1. The number of nitrogens with zero attached hydrogens (tertiary/aromatic N) is 1. The molecule has 0 bridgehead atoms. The van der Waals surface area contributed by atoms with Crippen molar-refractivity contribution < 1.29 is 4.79 Å². The lowest BCUT2D eigenvalue weighted by Crippen LogP contribution is -2.27. The van der Waals surface area contributed by atoms with E-state index < -0.39 is 0 Å². The van der Waals surface area contributed by atoms with Crippen LogP contribution < -0.4 is 5.32 Å². The van der Waals surface area contributed by atoms with Crippen LogP contribution in [0.1, 0.15) is 23.6 Å². The van der Waals surface area contributed by atoms with Crippen LogP contribution in [0.25, 0.3) is 0 Å². The van der Waals surface area contributed by atoms with Crippen LogP contribution in [-0.4, -0.2) is 17.4 Å². The maximum absolute atomic E-state index is 12.1. The van der Waals surface area contributed by atoms with Crippen molar-refractivity contribution in [3.8, 4) is 0 Å². The Labute approximate surface area is 132 Å². The summed E-state index contributed by atoms with van der Waals surface area (Å²) in [5.41, 5.74) is 2.26. The minimum atomic E-state index is 0.128. The van der Waals surface area contributed by atoms with Crippen molar-refractivity contribution in [1.82, 2.24) is 10.3 Å². The van der Waals surface area contributed by atoms with E-state index >= 15 is 0 Å². The number of benzene rings is 1. The van der Waals surface area contributed by atoms with Gasteiger partial charge in [-0.3, -0.25) is 9.78 Å². The fourth-order valence-corrected chi connectivity index (χ4v) is 3.00. The normalized spacial score (nSPS) is 20.0. The summed E-state index contributed by atoms with van der Waals surface area (Å²) in [6, 6.07) is 14.1. The standard InChI is InChI=1S/C17H17BrN2O/c18-13-5-3-4-12(10-13)15-11-16(15)17(21)20-9-7-14-6-1-2-8-19-14/h1-6,8,10,15-16H,7,9,11H2,(H,20,21)/t15-,16+/m0/s1. The molecule has 1 aliphatic rings. The van der Waals surface area contributed by atoms with Crippen LogP contribution in [0, 0.1) is 5.92 Å². The topological polar surface area (TPSA) is 42.0 Å². The number of rotatable bonds is 5. The highest BCUT2D eigenvalue weighted by Gasteiger charge is 2.43. The van der Waals surface area contributed by atoms with Gasteiger partial charge in [0.2, 0.25) is 5.91 Å². The Bertz CT molecular complexity index is 630. The number of aromatic nitrogens is 1. The minimum absolute atomic E-state index is 0.128. The first-order chi connectivity index (χ1) is 10.2. The largest absolute Gasteiger partial charge is 0.355 e. The van der Waals surface area contributed by atoms with Crippen molar-refractivity contribution in [2.45, 2.75) is 18.8 Å². The predicted octanol–water partition coefficient (Wildman–Crippen LogP) is 3.31. The lowest BCUT2D eigenvalue weighted by molar-refractivity contribution is -0.122. The van der Waals surface area contributed by atoms with E-state index in [4.69, 9.17) is 0 Å². The number of hydrogen-bond acceptors (Lipinski definition) is 2. The van der Waals surface area contributed by atoms with Crippen molar-refractivity contribution in [3.63, 3.8) is 0 Å². The van der Waals surface area contributed by atoms with Crippen molar-refractivity contribution in [2.75, 3.05) is 6.54 Å². The van der Waals surface area contributed by atoms with Gasteiger partial charge in [-0.1, -0.05) is 34.1 Å². The summed E-state index contributed by atoms with van der Waals surface area (Å²) in [5, 5.41) is 3.02. The molecule has 2 aromatic rings. The quantitative estimate of drug-likeness (QED) is 0.903. The van der Waals surface area contributed by atoms with Crippen LogP contribution in [-0.2, 0) is 11.2 Å². The molecule has 108 valence electrons. The fourth-order valence-electron chi connectivity index (χ4n) is 2.58. The molecule has 21 heavy (non-hydrogen) atoms. The molecule has 1 fully saturated rings. The van der Waals surface area contributed by atoms with Crippen molar-refractivity contribution in [3.05, 3.63) is 64.4 Å². The number of carbonyl (C=O) groups is 1. The molecular formula is C17H17BrN2O. The second kappa shape index (κ2) is 6.39. The molecular weight excluding hydrogens is 328 g/mol. The van der Waals surface area contributed by atoms with E-state index in [9.17, 15) is 4.79 Å². The van der Waals surface area contributed by atoms with Crippen LogP contribution in [0.15, 0.2) is 53.1 Å². The van der Waals surface area contributed by atoms with Gasteiger partial charge in [-0.25, -0.2) is 0 Å². The summed E-state index contributed by atoms with van der Waals surface area (Å²) < 4.78 is 1.07. The summed E-state index contributed by atoms with van der Waals surface area (Å²) in [6.07, 6.45) is 3.51. The Hall–Kier alpha value is -1.68. The van der Waals surface area contributed by atoms with Crippen LogP contribution in [0.4, 0.5) is 0 Å². The molecule has 0 unspecified atom stereocenters. The van der Waals surface area contributed by atoms with Gasteiger partial charge in [0.1, 0.15) is 0 Å². The van der Waals surface area contributed by atoms with E-state index in [2.05, 4.69) is 38.4 Å². The Balaban J connectivity index is 1.47. The second-order valence-corrected chi connectivity index (χ2v) is 6.28. The molecule has 0 radical (unpaired) electrons. The summed E-state index contributed by atoms with van der Waals surface area (Å²) in [4.78, 5) is 16.4. The number of nitrogens with one attached hydrogen (secondary N) is 1. The molecule has 1 amide bonds. The monoisotopic (exact) mass is 344 g/mol. The minimum Gasteiger partial charge on any atom is -0.355 e. The summed E-state index contributed by atoms with van der Waals surface area (Å²) in [7, 11) is 0. The van der Waals surface area contributed by atoms with Gasteiger partial charge in [0.15, 0.2) is 0 Å². The third-order valence-corrected chi connectivity index (χ3v) is 4.30. The van der Waals surface area contributed by atoms with E-state index in [1.165, 1.54) is 5.56 Å². The van der Waals surface area contributed by atoms with Gasteiger partial charge >= 0.3 is 0 Å². The maximum Gasteiger partial charge on any atom is 0.223 e. The Morgan fingerprint density at radius 3 is 2.95 bits per heavy atom. The number of pyridine rings is 1. The first-order valence-electron chi connectivity index (χ1n) is 7.17. The van der Waals surface area contributed by atoms with E-state index in [1.54, 1.807) is 6.20 Å². The number of amides is 1. The van der Waals surface area contributed by atoms with Gasteiger partial charge in [-0.05, 0) is 42.2 Å². The number of carbonyl (C=O) groups excluding carboxylic acids is 1. The Morgan fingerprint density at radius 1 is 1.29 bits per heavy atom. The smallest absolute Gasteiger partial charge is 0.223 e. The molecule has 0 aliphatic heterocycles. The van der Waals surface area contributed by atoms with E-state index in [0.29, 0.717) is 12.5 Å². The Morgan fingerprint density at radius 2 is 2.19 bits per heavy atom. The molecule has 1 aliphatic carbocycles. The van der Waals surface area contributed by atoms with Crippen molar-refractivity contribution in [1.29, 1.82) is 0 Å². The van der Waals surface area contributed by atoms with Crippen LogP contribution >= 0.6 is 15.9 Å². The number of halogens is 1. The van der Waals surface area contributed by atoms with Crippen molar-refractivity contribution >= 4 is 21.8 Å². The molecule has 1 aromatic carbocycles. The van der Waals surface area contributed by atoms with Gasteiger partial charge in [0.05, 0.1) is 0 Å². The van der Waals surface area contributed by atoms with Gasteiger partial charge < -0.3 is 5.32 Å². The van der Waals surface area contributed by atoms with E-state index in [0.717, 1.165) is 23.0 Å². The molecule has 1 heterocycles. The molecule has 4 heteroatoms. The lowest BCUT2D eigenvalue weighted by atomic mass is 10.1. The van der Waals surface area contributed by atoms with Gasteiger partial charge in [0.25, 0.3) is 0 Å².